The van der Waals surface area contributed by atoms with Crippen LogP contribution in [-0.2, 0) is 16.4 Å². The van der Waals surface area contributed by atoms with Crippen molar-refractivity contribution >= 4 is 15.9 Å². The van der Waals surface area contributed by atoms with E-state index in [4.69, 9.17) is 5.26 Å². The Kier molecular flexibility index (Phi) is 3.30. The van der Waals surface area contributed by atoms with Crippen LogP contribution in [0.3, 0.4) is 0 Å². The minimum Gasteiger partial charge on any atom is -0.271 e. The van der Waals surface area contributed by atoms with E-state index in [-0.39, 0.29) is 5.69 Å². The van der Waals surface area contributed by atoms with Crippen LogP contribution in [0.4, 0.5) is 18.9 Å². The van der Waals surface area contributed by atoms with Crippen molar-refractivity contribution in [2.45, 2.75) is 6.18 Å². The predicted molar refractivity (Wildman–Crippen MR) is 52.9 cm³/mol. The van der Waals surface area contributed by atoms with Crippen LogP contribution in [-0.4, -0.2) is 8.42 Å². The third kappa shape index (κ3) is 3.61. The lowest BCUT2D eigenvalue weighted by atomic mass is 10.1. The van der Waals surface area contributed by atoms with Crippen molar-refractivity contribution in [3.05, 3.63) is 29.3 Å². The zero-order valence-corrected chi connectivity index (χ0v) is 8.93. The Labute approximate surface area is 94.8 Å². The maximum atomic E-state index is 12.5. The molecule has 17 heavy (non-hydrogen) atoms. The monoisotopic (exact) mass is 265 g/mol. The topological polar surface area (TPSA) is 96.0 Å². The van der Waals surface area contributed by atoms with E-state index >= 15 is 0 Å². The van der Waals surface area contributed by atoms with Gasteiger partial charge in [-0.15, -0.1) is 0 Å². The molecule has 1 aromatic carbocycles. The predicted octanol–water partition coefficient (Wildman–Crippen LogP) is 1.19. The molecule has 0 spiro atoms. The second kappa shape index (κ2) is 4.23. The average molecular weight is 265 g/mol. The molecule has 0 aromatic heterocycles. The quantitative estimate of drug-likeness (QED) is 0.840. The molecular formula is C8H6F3N3O2S. The zero-order valence-electron chi connectivity index (χ0n) is 8.12. The molecular weight excluding hydrogens is 259 g/mol. The highest BCUT2D eigenvalue weighted by Gasteiger charge is 2.34. The summed E-state index contributed by atoms with van der Waals surface area (Å²) in [5.41, 5.74) is -2.19. The first-order valence-electron chi connectivity index (χ1n) is 4.05. The number of nitriles is 1. The number of hydrogen-bond donors (Lipinski definition) is 2. The van der Waals surface area contributed by atoms with Crippen molar-refractivity contribution in [1.29, 1.82) is 5.26 Å². The van der Waals surface area contributed by atoms with Gasteiger partial charge in [0.2, 0.25) is 0 Å². The largest absolute Gasteiger partial charge is 0.417 e. The molecule has 0 saturated carbocycles. The van der Waals surface area contributed by atoms with E-state index in [1.807, 2.05) is 0 Å². The lowest BCUT2D eigenvalue weighted by Crippen LogP contribution is -2.22. The summed E-state index contributed by atoms with van der Waals surface area (Å²) in [6, 6.07) is 3.74. The van der Waals surface area contributed by atoms with Crippen LogP contribution in [0.15, 0.2) is 18.2 Å². The molecule has 0 atom stereocenters. The summed E-state index contributed by atoms with van der Waals surface area (Å²) in [6.07, 6.45) is -4.75. The molecule has 9 heteroatoms. The number of nitrogens with one attached hydrogen (secondary N) is 1. The van der Waals surface area contributed by atoms with Gasteiger partial charge in [-0.3, -0.25) is 4.72 Å². The Morgan fingerprint density at radius 1 is 1.35 bits per heavy atom. The first-order chi connectivity index (χ1) is 7.63. The Morgan fingerprint density at radius 2 is 1.94 bits per heavy atom. The summed E-state index contributed by atoms with van der Waals surface area (Å²) in [6.45, 7) is 0. The maximum Gasteiger partial charge on any atom is 0.417 e. The minimum atomic E-state index is -4.75. The number of nitrogens with zero attached hydrogens (tertiary/aromatic N) is 1. The summed E-state index contributed by atoms with van der Waals surface area (Å²) >= 11 is 0. The number of hydrogen-bond acceptors (Lipinski definition) is 3. The number of nitrogens with two attached hydrogens (primary N) is 1. The second-order valence-corrected chi connectivity index (χ2v) is 4.31. The molecule has 0 fully saturated rings. The summed E-state index contributed by atoms with van der Waals surface area (Å²) < 4.78 is 60.4. The van der Waals surface area contributed by atoms with Gasteiger partial charge in [0.15, 0.2) is 0 Å². The Hall–Kier alpha value is -1.79. The molecule has 0 bridgehead atoms. The highest BCUT2D eigenvalue weighted by Crippen LogP contribution is 2.33. The average Bonchev–Trinajstić information content (AvgIpc) is 2.13. The van der Waals surface area contributed by atoms with Crippen LogP contribution in [0.1, 0.15) is 11.1 Å². The van der Waals surface area contributed by atoms with Gasteiger partial charge < -0.3 is 0 Å². The van der Waals surface area contributed by atoms with Gasteiger partial charge in [0.05, 0.1) is 22.9 Å². The van der Waals surface area contributed by atoms with E-state index in [9.17, 15) is 21.6 Å². The summed E-state index contributed by atoms with van der Waals surface area (Å²) in [7, 11) is -4.16. The normalized spacial score (nSPS) is 11.9. The third-order valence-electron chi connectivity index (χ3n) is 1.71. The van der Waals surface area contributed by atoms with Crippen LogP contribution >= 0.6 is 0 Å². The molecule has 0 unspecified atom stereocenters. The Balaban J connectivity index is 3.29. The van der Waals surface area contributed by atoms with Crippen molar-refractivity contribution in [1.82, 2.24) is 0 Å². The highest BCUT2D eigenvalue weighted by molar-refractivity contribution is 7.90. The highest BCUT2D eigenvalue weighted by atomic mass is 32.2. The Morgan fingerprint density at radius 3 is 2.35 bits per heavy atom. The molecule has 1 rings (SSSR count). The van der Waals surface area contributed by atoms with E-state index in [0.29, 0.717) is 6.07 Å². The summed E-state index contributed by atoms with van der Waals surface area (Å²) in [5.74, 6) is 0. The maximum absolute atomic E-state index is 12.5. The molecule has 92 valence electrons. The van der Waals surface area contributed by atoms with Gasteiger partial charge >= 0.3 is 6.18 Å². The molecule has 0 heterocycles. The molecule has 0 aliphatic rings. The van der Waals surface area contributed by atoms with Crippen LogP contribution < -0.4 is 9.86 Å². The van der Waals surface area contributed by atoms with Crippen molar-refractivity contribution < 1.29 is 21.6 Å². The van der Waals surface area contributed by atoms with Crippen molar-refractivity contribution in [2.75, 3.05) is 4.72 Å². The van der Waals surface area contributed by atoms with Gasteiger partial charge in [0.1, 0.15) is 0 Å². The van der Waals surface area contributed by atoms with E-state index < -0.39 is 27.5 Å². The van der Waals surface area contributed by atoms with Crippen molar-refractivity contribution in [3.63, 3.8) is 0 Å². The standard InChI is InChI=1S/C8H6F3N3O2S/c9-8(10,11)7-3-6(14-17(13,15)16)2-1-5(7)4-12/h1-3,14H,(H2,13,15,16). The van der Waals surface area contributed by atoms with E-state index in [0.717, 1.165) is 12.1 Å². The number of benzene rings is 1. The number of anilines is 1. The van der Waals surface area contributed by atoms with E-state index in [1.54, 1.807) is 4.72 Å². The first kappa shape index (κ1) is 13.3. The summed E-state index contributed by atoms with van der Waals surface area (Å²) in [5, 5.41) is 13.1. The number of halogens is 3. The fourth-order valence-corrected chi connectivity index (χ4v) is 1.56. The fraction of sp³-hybridized carbons (Fsp3) is 0.125. The van der Waals surface area contributed by atoms with Crippen molar-refractivity contribution in [3.8, 4) is 6.07 Å². The van der Waals surface area contributed by atoms with Gasteiger partial charge in [-0.2, -0.15) is 26.9 Å². The van der Waals surface area contributed by atoms with Crippen molar-refractivity contribution in [2.24, 2.45) is 5.14 Å². The van der Waals surface area contributed by atoms with Gasteiger partial charge in [-0.25, -0.2) is 5.14 Å². The second-order valence-electron chi connectivity index (χ2n) is 3.02. The lowest BCUT2D eigenvalue weighted by molar-refractivity contribution is -0.137. The molecule has 1 aromatic rings. The van der Waals surface area contributed by atoms with Gasteiger partial charge in [-0.1, -0.05) is 0 Å². The summed E-state index contributed by atoms with van der Waals surface area (Å²) in [4.78, 5) is 0. The van der Waals surface area contributed by atoms with Gasteiger partial charge in [-0.05, 0) is 18.2 Å². The molecule has 5 nitrogen and oxygen atoms in total. The minimum absolute atomic E-state index is 0.362. The zero-order chi connectivity index (χ0) is 13.3. The fourth-order valence-electron chi connectivity index (χ4n) is 1.10. The van der Waals surface area contributed by atoms with Gasteiger partial charge in [0.25, 0.3) is 10.2 Å². The third-order valence-corrected chi connectivity index (χ3v) is 2.23. The molecule has 0 amide bonds. The smallest absolute Gasteiger partial charge is 0.271 e. The number of rotatable bonds is 2. The SMILES string of the molecule is N#Cc1ccc(NS(N)(=O)=O)cc1C(F)(F)F. The van der Waals surface area contributed by atoms with Crippen LogP contribution in [0, 0.1) is 11.3 Å². The molecule has 0 aliphatic carbocycles. The Bertz CT molecular complexity index is 575. The molecule has 3 N–H and O–H groups in total. The van der Waals surface area contributed by atoms with Crippen LogP contribution in [0.25, 0.3) is 0 Å². The lowest BCUT2D eigenvalue weighted by Gasteiger charge is -2.11. The first-order valence-corrected chi connectivity index (χ1v) is 5.60. The molecule has 0 saturated heterocycles. The molecule has 0 aliphatic heterocycles. The van der Waals surface area contributed by atoms with Crippen LogP contribution in [0.2, 0.25) is 0 Å². The van der Waals surface area contributed by atoms with Crippen LogP contribution in [0.5, 0.6) is 0 Å². The van der Waals surface area contributed by atoms with E-state index in [2.05, 4.69) is 5.14 Å². The van der Waals surface area contributed by atoms with E-state index in [1.165, 1.54) is 6.07 Å². The molecule has 0 radical (unpaired) electrons. The van der Waals surface area contributed by atoms with Gasteiger partial charge in [0, 0.05) is 0 Å². The number of alkyl halides is 3.